The highest BCUT2D eigenvalue weighted by molar-refractivity contribution is 5.84. The summed E-state index contributed by atoms with van der Waals surface area (Å²) < 4.78 is 13.4. The molecule has 0 fully saturated rings. The molecule has 1 aromatic carbocycles. The molecule has 0 bridgehead atoms. The Balaban J connectivity index is 1.41. The van der Waals surface area contributed by atoms with Gasteiger partial charge in [0.2, 0.25) is 0 Å². The molecule has 1 aliphatic heterocycles. The van der Waals surface area contributed by atoms with E-state index in [0.717, 1.165) is 41.1 Å². The standard InChI is InChI=1S/C23H21N3O3/c1-15-10-21-20(13-25-15)19-6-5-17(11-22(19)29-21)26-9-7-18(12-23(26)27)28-14-16-4-2-3-8-24-16/h2-9,11-12,15,25H,10,13-14H2,1H3/t15-/m1/s1. The summed E-state index contributed by atoms with van der Waals surface area (Å²) in [4.78, 5) is 16.9. The molecule has 0 radical (unpaired) electrons. The van der Waals surface area contributed by atoms with Crippen LogP contribution in [-0.2, 0) is 19.6 Å². The molecule has 1 N–H and O–H groups in total. The molecule has 0 spiro atoms. The first kappa shape index (κ1) is 17.7. The van der Waals surface area contributed by atoms with Crippen molar-refractivity contribution in [2.75, 3.05) is 0 Å². The van der Waals surface area contributed by atoms with Crippen molar-refractivity contribution in [3.63, 3.8) is 0 Å². The second-order valence-electron chi connectivity index (χ2n) is 7.35. The van der Waals surface area contributed by atoms with Crippen LogP contribution >= 0.6 is 0 Å². The number of hydrogen-bond acceptors (Lipinski definition) is 5. The Bertz CT molecular complexity index is 1230. The molecule has 0 amide bonds. The van der Waals surface area contributed by atoms with Crippen molar-refractivity contribution in [3.05, 3.63) is 88.3 Å². The van der Waals surface area contributed by atoms with E-state index in [0.29, 0.717) is 18.4 Å². The van der Waals surface area contributed by atoms with Crippen LogP contribution in [0.5, 0.6) is 5.75 Å². The van der Waals surface area contributed by atoms with Gasteiger partial charge in [0.15, 0.2) is 0 Å². The molecule has 4 aromatic rings. The third kappa shape index (κ3) is 3.43. The van der Waals surface area contributed by atoms with Gasteiger partial charge in [-0.1, -0.05) is 6.07 Å². The third-order valence-corrected chi connectivity index (χ3v) is 5.26. The SMILES string of the molecule is C[C@@H]1Cc2oc3cc(-n4ccc(OCc5ccccn5)cc4=O)ccc3c2CN1. The lowest BCUT2D eigenvalue weighted by atomic mass is 10.0. The van der Waals surface area contributed by atoms with Gasteiger partial charge >= 0.3 is 0 Å². The van der Waals surface area contributed by atoms with E-state index in [9.17, 15) is 4.79 Å². The Morgan fingerprint density at radius 2 is 2.17 bits per heavy atom. The van der Waals surface area contributed by atoms with Crippen molar-refractivity contribution in [1.82, 2.24) is 14.9 Å². The number of ether oxygens (including phenoxy) is 1. The first-order valence-electron chi connectivity index (χ1n) is 9.71. The monoisotopic (exact) mass is 387 g/mol. The molecular formula is C23H21N3O3. The van der Waals surface area contributed by atoms with Crippen LogP contribution in [0.15, 0.2) is 70.1 Å². The predicted molar refractivity (Wildman–Crippen MR) is 110 cm³/mol. The van der Waals surface area contributed by atoms with Gasteiger partial charge in [0.25, 0.3) is 5.56 Å². The number of pyridine rings is 2. The maximum Gasteiger partial charge on any atom is 0.258 e. The van der Waals surface area contributed by atoms with Gasteiger partial charge in [-0.25, -0.2) is 0 Å². The smallest absolute Gasteiger partial charge is 0.258 e. The Kier molecular flexibility index (Phi) is 4.41. The second-order valence-corrected chi connectivity index (χ2v) is 7.35. The molecule has 1 aliphatic rings. The maximum atomic E-state index is 12.7. The number of aromatic nitrogens is 2. The van der Waals surface area contributed by atoms with Crippen LogP contribution in [0.4, 0.5) is 0 Å². The van der Waals surface area contributed by atoms with Crippen molar-refractivity contribution < 1.29 is 9.15 Å². The lowest BCUT2D eigenvalue weighted by Gasteiger charge is -2.18. The molecule has 4 heterocycles. The van der Waals surface area contributed by atoms with Gasteiger partial charge < -0.3 is 14.5 Å². The average molecular weight is 387 g/mol. The normalized spacial score (nSPS) is 16.0. The summed E-state index contributed by atoms with van der Waals surface area (Å²) in [5.41, 5.74) is 3.45. The maximum absolute atomic E-state index is 12.7. The van der Waals surface area contributed by atoms with Crippen molar-refractivity contribution in [2.24, 2.45) is 0 Å². The first-order valence-corrected chi connectivity index (χ1v) is 9.71. The van der Waals surface area contributed by atoms with Crippen LogP contribution in [0.2, 0.25) is 0 Å². The van der Waals surface area contributed by atoms with E-state index in [-0.39, 0.29) is 5.56 Å². The van der Waals surface area contributed by atoms with Gasteiger partial charge in [-0.05, 0) is 37.3 Å². The molecule has 6 nitrogen and oxygen atoms in total. The topological polar surface area (TPSA) is 69.3 Å². The van der Waals surface area contributed by atoms with Crippen LogP contribution in [-0.4, -0.2) is 15.6 Å². The second kappa shape index (κ2) is 7.22. The largest absolute Gasteiger partial charge is 0.487 e. The van der Waals surface area contributed by atoms with Gasteiger partial charge in [-0.3, -0.25) is 14.3 Å². The lowest BCUT2D eigenvalue weighted by molar-refractivity contribution is 0.300. The van der Waals surface area contributed by atoms with Gasteiger partial charge in [0.1, 0.15) is 23.7 Å². The molecule has 1 atom stereocenters. The highest BCUT2D eigenvalue weighted by Gasteiger charge is 2.21. The molecule has 3 aromatic heterocycles. The van der Waals surface area contributed by atoms with Gasteiger partial charge in [-0.15, -0.1) is 0 Å². The number of nitrogens with zero attached hydrogens (tertiary/aromatic N) is 2. The molecule has 29 heavy (non-hydrogen) atoms. The van der Waals surface area contributed by atoms with Gasteiger partial charge in [0, 0.05) is 54.5 Å². The van der Waals surface area contributed by atoms with Crippen LogP contribution in [0.3, 0.4) is 0 Å². The van der Waals surface area contributed by atoms with Crippen molar-refractivity contribution in [2.45, 2.75) is 32.5 Å². The zero-order valence-corrected chi connectivity index (χ0v) is 16.1. The Labute approximate surface area is 167 Å². The quantitative estimate of drug-likeness (QED) is 0.580. The first-order chi connectivity index (χ1) is 14.2. The third-order valence-electron chi connectivity index (χ3n) is 5.26. The van der Waals surface area contributed by atoms with E-state index in [2.05, 4.69) is 17.2 Å². The minimum Gasteiger partial charge on any atom is -0.487 e. The fraction of sp³-hybridized carbons (Fsp3) is 0.217. The minimum absolute atomic E-state index is 0.158. The molecule has 0 aliphatic carbocycles. The molecule has 0 saturated heterocycles. The number of fused-ring (bicyclic) bond motifs is 3. The zero-order valence-electron chi connectivity index (χ0n) is 16.1. The number of nitrogens with one attached hydrogen (secondary N) is 1. The fourth-order valence-electron chi connectivity index (χ4n) is 3.73. The zero-order chi connectivity index (χ0) is 19.8. The molecule has 6 heteroatoms. The summed E-state index contributed by atoms with van der Waals surface area (Å²) in [6.45, 7) is 3.28. The number of rotatable bonds is 4. The van der Waals surface area contributed by atoms with Crippen LogP contribution in [0.1, 0.15) is 23.9 Å². The van der Waals surface area contributed by atoms with Crippen molar-refractivity contribution in [3.8, 4) is 11.4 Å². The Morgan fingerprint density at radius 1 is 1.24 bits per heavy atom. The minimum atomic E-state index is -0.158. The molecular weight excluding hydrogens is 366 g/mol. The van der Waals surface area contributed by atoms with E-state index in [1.54, 1.807) is 23.0 Å². The average Bonchev–Trinajstić information content (AvgIpc) is 3.09. The Morgan fingerprint density at radius 3 is 3.00 bits per heavy atom. The fourth-order valence-corrected chi connectivity index (χ4v) is 3.73. The Hall–Kier alpha value is -3.38. The van der Waals surface area contributed by atoms with Crippen LogP contribution in [0.25, 0.3) is 16.7 Å². The van der Waals surface area contributed by atoms with E-state index in [1.807, 2.05) is 36.4 Å². The van der Waals surface area contributed by atoms with Crippen LogP contribution < -0.4 is 15.6 Å². The van der Waals surface area contributed by atoms with Gasteiger partial charge in [0.05, 0.1) is 11.4 Å². The van der Waals surface area contributed by atoms with Crippen molar-refractivity contribution in [1.29, 1.82) is 0 Å². The summed E-state index contributed by atoms with van der Waals surface area (Å²) in [5.74, 6) is 1.56. The van der Waals surface area contributed by atoms with E-state index in [1.165, 1.54) is 11.6 Å². The summed E-state index contributed by atoms with van der Waals surface area (Å²) in [6.07, 6.45) is 4.32. The molecule has 0 unspecified atom stereocenters. The predicted octanol–water partition coefficient (Wildman–Crippen LogP) is 3.59. The number of benzene rings is 1. The molecule has 5 rings (SSSR count). The van der Waals surface area contributed by atoms with Gasteiger partial charge in [-0.2, -0.15) is 0 Å². The number of hydrogen-bond donors (Lipinski definition) is 1. The summed E-state index contributed by atoms with van der Waals surface area (Å²) >= 11 is 0. The number of furan rings is 1. The summed E-state index contributed by atoms with van der Waals surface area (Å²) in [7, 11) is 0. The van der Waals surface area contributed by atoms with E-state index in [4.69, 9.17) is 9.15 Å². The lowest BCUT2D eigenvalue weighted by Crippen LogP contribution is -2.32. The molecule has 0 saturated carbocycles. The highest BCUT2D eigenvalue weighted by atomic mass is 16.5. The van der Waals surface area contributed by atoms with E-state index >= 15 is 0 Å². The van der Waals surface area contributed by atoms with Crippen LogP contribution in [0, 0.1) is 0 Å². The summed E-state index contributed by atoms with van der Waals surface area (Å²) in [6, 6.07) is 15.2. The summed E-state index contributed by atoms with van der Waals surface area (Å²) in [5, 5.41) is 4.57. The van der Waals surface area contributed by atoms with E-state index < -0.39 is 0 Å². The highest BCUT2D eigenvalue weighted by Crippen LogP contribution is 2.30. The van der Waals surface area contributed by atoms with Crippen molar-refractivity contribution >= 4 is 11.0 Å². The molecule has 146 valence electrons.